The minimum absolute atomic E-state index is 0.0802. The molecule has 1 unspecified atom stereocenters. The SMILES string of the molecule is CCOC(=O)C1CCCC[C@](C=O)(CN2CC[C@@]3(C2)OC(=O)Nc2ccc(Cl)c(F)c23)c2cc(ccn2)-c2cc(F)ccc2N1. The molecule has 0 saturated carbocycles. The van der Waals surface area contributed by atoms with Crippen LogP contribution in [0.3, 0.4) is 0 Å². The second kappa shape index (κ2) is 12.4. The van der Waals surface area contributed by atoms with Crippen LogP contribution in [0.1, 0.15) is 50.3 Å². The van der Waals surface area contributed by atoms with Crippen LogP contribution in [-0.4, -0.2) is 60.5 Å². The highest BCUT2D eigenvalue weighted by molar-refractivity contribution is 6.31. The van der Waals surface area contributed by atoms with Gasteiger partial charge in [-0.3, -0.25) is 15.2 Å². The van der Waals surface area contributed by atoms with Gasteiger partial charge in [-0.15, -0.1) is 0 Å². The third-order valence-corrected chi connectivity index (χ3v) is 9.24. The van der Waals surface area contributed by atoms with Crippen molar-refractivity contribution in [2.45, 2.75) is 56.1 Å². The molecule has 4 heterocycles. The first-order chi connectivity index (χ1) is 21.7. The number of esters is 1. The summed E-state index contributed by atoms with van der Waals surface area (Å²) in [5.74, 6) is -1.52. The highest BCUT2D eigenvalue weighted by Crippen LogP contribution is 2.46. The number of carbonyl (C=O) groups excluding carboxylic acids is 3. The van der Waals surface area contributed by atoms with E-state index in [1.165, 1.54) is 18.2 Å². The zero-order valence-corrected chi connectivity index (χ0v) is 25.5. The van der Waals surface area contributed by atoms with Gasteiger partial charge in [-0.25, -0.2) is 18.4 Å². The minimum Gasteiger partial charge on any atom is -0.464 e. The monoisotopic (exact) mass is 638 g/mol. The van der Waals surface area contributed by atoms with Crippen molar-refractivity contribution in [1.29, 1.82) is 0 Å². The van der Waals surface area contributed by atoms with E-state index in [4.69, 9.17) is 21.1 Å². The summed E-state index contributed by atoms with van der Waals surface area (Å²) in [5.41, 5.74) is 0.290. The number of hydrogen-bond acceptors (Lipinski definition) is 8. The largest absolute Gasteiger partial charge is 0.464 e. The molecular weight excluding hydrogens is 606 g/mol. The Balaban J connectivity index is 1.37. The molecule has 2 bridgehead atoms. The quantitative estimate of drug-likeness (QED) is 0.251. The predicted octanol–water partition coefficient (Wildman–Crippen LogP) is 6.20. The van der Waals surface area contributed by atoms with Gasteiger partial charge in [0, 0.05) is 43.5 Å². The molecule has 6 rings (SSSR count). The zero-order chi connectivity index (χ0) is 31.8. The second-order valence-corrected chi connectivity index (χ2v) is 12.2. The average molecular weight is 639 g/mol. The third kappa shape index (κ3) is 5.86. The van der Waals surface area contributed by atoms with E-state index in [1.54, 1.807) is 37.4 Å². The molecule has 12 heteroatoms. The second-order valence-electron chi connectivity index (χ2n) is 11.8. The van der Waals surface area contributed by atoms with Crippen LogP contribution in [0.4, 0.5) is 25.0 Å². The molecule has 1 spiro atoms. The smallest absolute Gasteiger partial charge is 0.412 e. The first-order valence-corrected chi connectivity index (χ1v) is 15.4. The number of halogens is 3. The molecule has 3 aromatic rings. The van der Waals surface area contributed by atoms with Gasteiger partial charge in [-0.1, -0.05) is 24.4 Å². The molecule has 9 nitrogen and oxygen atoms in total. The number of amides is 1. The number of benzene rings is 2. The summed E-state index contributed by atoms with van der Waals surface area (Å²) in [6.45, 7) is 2.73. The summed E-state index contributed by atoms with van der Waals surface area (Å²) in [6.07, 6.45) is 4.09. The fourth-order valence-electron chi connectivity index (χ4n) is 6.81. The topological polar surface area (TPSA) is 110 Å². The van der Waals surface area contributed by atoms with Crippen LogP contribution in [0.25, 0.3) is 11.1 Å². The van der Waals surface area contributed by atoms with Gasteiger partial charge in [-0.05, 0) is 67.8 Å². The molecule has 1 fully saturated rings. The molecule has 1 aromatic heterocycles. The lowest BCUT2D eigenvalue weighted by Gasteiger charge is -2.37. The van der Waals surface area contributed by atoms with Crippen molar-refractivity contribution in [3.63, 3.8) is 0 Å². The van der Waals surface area contributed by atoms with E-state index in [-0.39, 0.29) is 30.3 Å². The maximum absolute atomic E-state index is 15.4. The van der Waals surface area contributed by atoms with Crippen LogP contribution in [-0.2, 0) is 30.1 Å². The zero-order valence-electron chi connectivity index (χ0n) is 24.7. The van der Waals surface area contributed by atoms with Gasteiger partial charge in [0.1, 0.15) is 18.1 Å². The van der Waals surface area contributed by atoms with Crippen LogP contribution >= 0.6 is 11.6 Å². The number of aldehydes is 1. The van der Waals surface area contributed by atoms with Gasteiger partial charge in [-0.2, -0.15) is 0 Å². The summed E-state index contributed by atoms with van der Waals surface area (Å²) in [6, 6.07) is 10.1. The average Bonchev–Trinajstić information content (AvgIpc) is 3.41. The van der Waals surface area contributed by atoms with Crippen molar-refractivity contribution in [2.75, 3.05) is 36.9 Å². The summed E-state index contributed by atoms with van der Waals surface area (Å²) in [5, 5.41) is 5.74. The van der Waals surface area contributed by atoms with Gasteiger partial charge in [0.15, 0.2) is 11.4 Å². The Morgan fingerprint density at radius 2 is 2.00 bits per heavy atom. The predicted molar refractivity (Wildman–Crippen MR) is 164 cm³/mol. The molecule has 45 heavy (non-hydrogen) atoms. The molecule has 0 radical (unpaired) electrons. The molecule has 3 aliphatic rings. The standard InChI is InChI=1S/C33H33ClF2N4O5/c1-2-44-30(42)26-5-3-4-11-32(19-41,27-15-20(10-13-37-27)22-16-21(35)6-8-24(22)38-26)17-40-14-12-33(18-40)28-25(39-31(43)45-33)9-7-23(34)29(28)36/h6-10,13,15-16,19,26,38H,2-5,11-12,14,17-18H2,1H3,(H,39,43)/t26?,32-,33+/m1/s1. The fourth-order valence-corrected chi connectivity index (χ4v) is 6.97. The van der Waals surface area contributed by atoms with Crippen LogP contribution in [0.15, 0.2) is 48.7 Å². The molecule has 3 aliphatic heterocycles. The number of hydrogen-bond donors (Lipinski definition) is 2. The Morgan fingerprint density at radius 1 is 1.18 bits per heavy atom. The molecule has 1 amide bonds. The van der Waals surface area contributed by atoms with E-state index < -0.39 is 40.8 Å². The minimum atomic E-state index is -1.29. The molecule has 0 aliphatic carbocycles. The van der Waals surface area contributed by atoms with Crippen molar-refractivity contribution in [2.24, 2.45) is 0 Å². The maximum atomic E-state index is 15.4. The van der Waals surface area contributed by atoms with Crippen LogP contribution < -0.4 is 10.6 Å². The lowest BCUT2D eigenvalue weighted by molar-refractivity contribution is -0.144. The van der Waals surface area contributed by atoms with E-state index >= 15 is 4.39 Å². The molecule has 3 atom stereocenters. The molecule has 2 aromatic carbocycles. The van der Waals surface area contributed by atoms with Gasteiger partial charge in [0.25, 0.3) is 0 Å². The van der Waals surface area contributed by atoms with Gasteiger partial charge >= 0.3 is 12.1 Å². The van der Waals surface area contributed by atoms with Crippen molar-refractivity contribution >= 4 is 41.3 Å². The molecule has 2 N–H and O–H groups in total. The number of rotatable bonds is 5. The van der Waals surface area contributed by atoms with Crippen molar-refractivity contribution in [3.05, 3.63) is 76.6 Å². The lowest BCUT2D eigenvalue weighted by Crippen LogP contribution is -2.46. The highest BCUT2D eigenvalue weighted by Gasteiger charge is 2.51. The van der Waals surface area contributed by atoms with Crippen LogP contribution in [0, 0.1) is 11.6 Å². The maximum Gasteiger partial charge on any atom is 0.412 e. The van der Waals surface area contributed by atoms with E-state index in [0.29, 0.717) is 66.8 Å². The summed E-state index contributed by atoms with van der Waals surface area (Å²) >= 11 is 6.13. The number of aromatic nitrogens is 1. The fraction of sp³-hybridized carbons (Fsp3) is 0.394. The Bertz CT molecular complexity index is 1660. The summed E-state index contributed by atoms with van der Waals surface area (Å²) in [7, 11) is 0. The number of likely N-dealkylation sites (tertiary alicyclic amines) is 1. The number of carbonyl (C=O) groups is 3. The number of nitrogens with one attached hydrogen (secondary N) is 2. The van der Waals surface area contributed by atoms with E-state index in [0.717, 1.165) is 6.29 Å². The molecule has 1 saturated heterocycles. The molecule has 236 valence electrons. The molecular formula is C33H33ClF2N4O5. The third-order valence-electron chi connectivity index (χ3n) is 8.95. The van der Waals surface area contributed by atoms with E-state index in [1.807, 2.05) is 4.90 Å². The highest BCUT2D eigenvalue weighted by atomic mass is 35.5. The van der Waals surface area contributed by atoms with Crippen molar-refractivity contribution < 1.29 is 32.6 Å². The number of fused-ring (bicyclic) bond motifs is 6. The Kier molecular flexibility index (Phi) is 8.49. The first kappa shape index (κ1) is 30.9. The van der Waals surface area contributed by atoms with Crippen molar-refractivity contribution in [3.8, 4) is 11.1 Å². The lowest BCUT2D eigenvalue weighted by atomic mass is 9.78. The van der Waals surface area contributed by atoms with E-state index in [2.05, 4.69) is 15.6 Å². The summed E-state index contributed by atoms with van der Waals surface area (Å²) < 4.78 is 41.1. The first-order valence-electron chi connectivity index (χ1n) is 15.0. The number of nitrogens with zero attached hydrogens (tertiary/aromatic N) is 2. The van der Waals surface area contributed by atoms with Crippen molar-refractivity contribution in [1.82, 2.24) is 9.88 Å². The normalized spacial score (nSPS) is 24.6. The Labute approximate surface area is 264 Å². The van der Waals surface area contributed by atoms with Gasteiger partial charge < -0.3 is 19.6 Å². The van der Waals surface area contributed by atoms with Gasteiger partial charge in [0.2, 0.25) is 0 Å². The van der Waals surface area contributed by atoms with Gasteiger partial charge in [0.05, 0.1) is 34.0 Å². The van der Waals surface area contributed by atoms with Crippen LogP contribution in [0.5, 0.6) is 0 Å². The number of ether oxygens (including phenoxy) is 2. The van der Waals surface area contributed by atoms with Crippen LogP contribution in [0.2, 0.25) is 5.02 Å². The number of anilines is 2. The summed E-state index contributed by atoms with van der Waals surface area (Å²) in [4.78, 5) is 45.2. The Hall–Kier alpha value is -4.09. The number of pyridine rings is 1. The Morgan fingerprint density at radius 3 is 2.80 bits per heavy atom. The van der Waals surface area contributed by atoms with E-state index in [9.17, 15) is 18.8 Å².